The van der Waals surface area contributed by atoms with E-state index in [1.54, 1.807) is 13.0 Å². The number of benzene rings is 2. The van der Waals surface area contributed by atoms with Crippen molar-refractivity contribution in [1.82, 2.24) is 0 Å². The van der Waals surface area contributed by atoms with E-state index in [9.17, 15) is 28.1 Å². The maximum atomic E-state index is 13.0. The molecule has 136 valence electrons. The molecular weight excluding hydrogens is 349 g/mol. The number of rotatable bonds is 5. The van der Waals surface area contributed by atoms with Crippen LogP contribution in [0.5, 0.6) is 0 Å². The minimum Gasteiger partial charge on any atom is -0.350 e. The van der Waals surface area contributed by atoms with E-state index in [4.69, 9.17) is 0 Å². The van der Waals surface area contributed by atoms with Crippen LogP contribution in [0.4, 0.5) is 24.5 Å². The predicted octanol–water partition coefficient (Wildman–Crippen LogP) is 4.51. The summed E-state index contributed by atoms with van der Waals surface area (Å²) in [4.78, 5) is 23.5. The lowest BCUT2D eigenvalue weighted by atomic mass is 10.0. The van der Waals surface area contributed by atoms with E-state index < -0.39 is 22.5 Å². The number of hydrogen-bond acceptors (Lipinski definition) is 4. The molecule has 0 aliphatic heterocycles. The van der Waals surface area contributed by atoms with Gasteiger partial charge in [-0.15, -0.1) is 0 Å². The standard InChI is InChI=1S/C18H15F3N2O3/c1-12-8-9-14(23(25)26)10-16(12)22(2)11-15(17(24)18(19,20)21)13-6-4-3-5-7-13/h3-11H,1-2H3/b15-11-. The Balaban J connectivity index is 2.55. The van der Waals surface area contributed by atoms with E-state index in [0.29, 0.717) is 11.3 Å². The Morgan fingerprint density at radius 3 is 2.31 bits per heavy atom. The number of nitro groups is 1. The summed E-state index contributed by atoms with van der Waals surface area (Å²) in [5.74, 6) is -1.99. The third-order valence-electron chi connectivity index (χ3n) is 3.69. The molecule has 0 fully saturated rings. The predicted molar refractivity (Wildman–Crippen MR) is 91.7 cm³/mol. The van der Waals surface area contributed by atoms with Gasteiger partial charge >= 0.3 is 6.18 Å². The van der Waals surface area contributed by atoms with Gasteiger partial charge in [0.05, 0.1) is 16.2 Å². The highest BCUT2D eigenvalue weighted by Gasteiger charge is 2.41. The number of anilines is 1. The van der Waals surface area contributed by atoms with Crippen LogP contribution in [-0.2, 0) is 4.79 Å². The smallest absolute Gasteiger partial charge is 0.350 e. The molecule has 0 bridgehead atoms. The van der Waals surface area contributed by atoms with Gasteiger partial charge in [-0.3, -0.25) is 14.9 Å². The normalized spacial score (nSPS) is 12.0. The van der Waals surface area contributed by atoms with E-state index >= 15 is 0 Å². The fourth-order valence-electron chi connectivity index (χ4n) is 2.39. The molecule has 2 aromatic rings. The number of aryl methyl sites for hydroxylation is 1. The molecule has 2 rings (SSSR count). The molecule has 0 atom stereocenters. The number of alkyl halides is 3. The number of Topliss-reactive ketones (excluding diaryl/α,β-unsaturated/α-hetero) is 1. The molecule has 0 spiro atoms. The second kappa shape index (κ2) is 7.38. The maximum Gasteiger partial charge on any atom is 0.454 e. The Morgan fingerprint density at radius 1 is 1.15 bits per heavy atom. The number of carbonyl (C=O) groups is 1. The molecule has 8 heteroatoms. The van der Waals surface area contributed by atoms with E-state index in [0.717, 1.165) is 6.20 Å². The van der Waals surface area contributed by atoms with E-state index in [1.807, 2.05) is 0 Å². The van der Waals surface area contributed by atoms with Gasteiger partial charge in [-0.25, -0.2) is 0 Å². The molecule has 0 amide bonds. The molecule has 0 radical (unpaired) electrons. The van der Waals surface area contributed by atoms with Crippen LogP contribution in [0.2, 0.25) is 0 Å². The first kappa shape index (κ1) is 19.2. The van der Waals surface area contributed by atoms with Gasteiger partial charge < -0.3 is 4.90 Å². The molecule has 0 aliphatic rings. The van der Waals surface area contributed by atoms with E-state index in [1.165, 1.54) is 54.4 Å². The number of nitrogens with zero attached hydrogens (tertiary/aromatic N) is 2. The molecule has 0 heterocycles. The van der Waals surface area contributed by atoms with E-state index in [-0.39, 0.29) is 11.3 Å². The summed E-state index contributed by atoms with van der Waals surface area (Å²) in [6.07, 6.45) is -4.00. The van der Waals surface area contributed by atoms with Gasteiger partial charge in [0.25, 0.3) is 11.5 Å². The molecule has 0 saturated carbocycles. The van der Waals surface area contributed by atoms with Crippen molar-refractivity contribution in [3.05, 3.63) is 76.0 Å². The highest BCUT2D eigenvalue weighted by Crippen LogP contribution is 2.30. The summed E-state index contributed by atoms with van der Waals surface area (Å²) >= 11 is 0. The molecule has 0 aromatic heterocycles. The van der Waals surface area contributed by atoms with Crippen molar-refractivity contribution in [2.75, 3.05) is 11.9 Å². The summed E-state index contributed by atoms with van der Waals surface area (Å²) in [6.45, 7) is 1.66. The lowest BCUT2D eigenvalue weighted by Gasteiger charge is -2.19. The zero-order valence-electron chi connectivity index (χ0n) is 13.9. The van der Waals surface area contributed by atoms with Crippen LogP contribution in [0, 0.1) is 17.0 Å². The van der Waals surface area contributed by atoms with Crippen LogP contribution >= 0.6 is 0 Å². The van der Waals surface area contributed by atoms with Crippen LogP contribution in [-0.4, -0.2) is 23.9 Å². The van der Waals surface area contributed by atoms with Gasteiger partial charge in [0, 0.05) is 25.4 Å². The summed E-state index contributed by atoms with van der Waals surface area (Å²) in [5, 5.41) is 10.9. The fourth-order valence-corrected chi connectivity index (χ4v) is 2.39. The van der Waals surface area contributed by atoms with Crippen molar-refractivity contribution >= 4 is 22.7 Å². The Labute approximate surface area is 147 Å². The van der Waals surface area contributed by atoms with E-state index in [2.05, 4.69) is 0 Å². The maximum absolute atomic E-state index is 13.0. The average molecular weight is 364 g/mol. The van der Waals surface area contributed by atoms with Crippen molar-refractivity contribution in [3.63, 3.8) is 0 Å². The van der Waals surface area contributed by atoms with Crippen LogP contribution in [0.1, 0.15) is 11.1 Å². The molecular formula is C18H15F3N2O3. The molecule has 0 saturated heterocycles. The molecule has 5 nitrogen and oxygen atoms in total. The first-order valence-electron chi connectivity index (χ1n) is 7.48. The first-order valence-corrected chi connectivity index (χ1v) is 7.48. The second-order valence-electron chi connectivity index (χ2n) is 5.57. The zero-order valence-corrected chi connectivity index (χ0v) is 13.9. The average Bonchev–Trinajstić information content (AvgIpc) is 2.59. The van der Waals surface area contributed by atoms with Gasteiger partial charge in [0.15, 0.2) is 0 Å². The number of ketones is 1. The summed E-state index contributed by atoms with van der Waals surface area (Å²) in [7, 11) is 1.43. The summed E-state index contributed by atoms with van der Waals surface area (Å²) in [6, 6.07) is 11.5. The Morgan fingerprint density at radius 2 is 1.77 bits per heavy atom. The van der Waals surface area contributed by atoms with Gasteiger partial charge in [-0.1, -0.05) is 36.4 Å². The van der Waals surface area contributed by atoms with Crippen molar-refractivity contribution < 1.29 is 22.9 Å². The third-order valence-corrected chi connectivity index (χ3v) is 3.69. The first-order chi connectivity index (χ1) is 12.1. The molecule has 0 aliphatic carbocycles. The quantitative estimate of drug-likeness (QED) is 0.445. The van der Waals surface area contributed by atoms with Crippen LogP contribution in [0.25, 0.3) is 5.57 Å². The van der Waals surface area contributed by atoms with Gasteiger partial charge in [-0.2, -0.15) is 13.2 Å². The van der Waals surface area contributed by atoms with Crippen molar-refractivity contribution in [2.45, 2.75) is 13.1 Å². The van der Waals surface area contributed by atoms with Crippen molar-refractivity contribution in [3.8, 4) is 0 Å². The molecule has 0 unspecified atom stereocenters. The highest BCUT2D eigenvalue weighted by atomic mass is 19.4. The minimum atomic E-state index is -5.04. The topological polar surface area (TPSA) is 63.5 Å². The lowest BCUT2D eigenvalue weighted by Crippen LogP contribution is -2.25. The van der Waals surface area contributed by atoms with Gasteiger partial charge in [0.1, 0.15) is 0 Å². The number of non-ortho nitro benzene ring substituents is 1. The van der Waals surface area contributed by atoms with Gasteiger partial charge in [-0.05, 0) is 18.1 Å². The highest BCUT2D eigenvalue weighted by molar-refractivity contribution is 6.23. The minimum absolute atomic E-state index is 0.102. The number of nitro benzene ring substituents is 1. The number of carbonyl (C=O) groups excluding carboxylic acids is 1. The monoisotopic (exact) mass is 364 g/mol. The Hall–Kier alpha value is -3.16. The van der Waals surface area contributed by atoms with Crippen molar-refractivity contribution in [1.29, 1.82) is 0 Å². The van der Waals surface area contributed by atoms with Crippen LogP contribution in [0.3, 0.4) is 0 Å². The third kappa shape index (κ3) is 4.27. The SMILES string of the molecule is Cc1ccc([N+](=O)[O-])cc1N(C)/C=C(\C(=O)C(F)(F)F)c1ccccc1. The van der Waals surface area contributed by atoms with Gasteiger partial charge in [0.2, 0.25) is 0 Å². The number of hydrogen-bond donors (Lipinski definition) is 0. The molecule has 0 N–H and O–H groups in total. The fraction of sp³-hybridized carbons (Fsp3) is 0.167. The second-order valence-corrected chi connectivity index (χ2v) is 5.57. The lowest BCUT2D eigenvalue weighted by molar-refractivity contribution is -0.384. The number of allylic oxidation sites excluding steroid dienone is 1. The van der Waals surface area contributed by atoms with Crippen LogP contribution in [0.15, 0.2) is 54.7 Å². The summed E-state index contributed by atoms with van der Waals surface area (Å²) in [5.41, 5.74) is 0.286. The molecule has 2 aromatic carbocycles. The molecule has 26 heavy (non-hydrogen) atoms. The van der Waals surface area contributed by atoms with Crippen molar-refractivity contribution in [2.24, 2.45) is 0 Å². The number of halogens is 3. The van der Waals surface area contributed by atoms with Crippen LogP contribution < -0.4 is 4.90 Å². The largest absolute Gasteiger partial charge is 0.454 e. The Bertz CT molecular complexity index is 862. The Kier molecular flexibility index (Phi) is 5.44. The summed E-state index contributed by atoms with van der Waals surface area (Å²) < 4.78 is 39.0. The zero-order chi connectivity index (χ0) is 19.5.